The third-order valence-electron chi connectivity index (χ3n) is 2.82. The average Bonchev–Trinajstić information content (AvgIpc) is 2.82. The van der Waals surface area contributed by atoms with Crippen molar-refractivity contribution in [2.75, 3.05) is 19.0 Å². The van der Waals surface area contributed by atoms with Gasteiger partial charge in [0.15, 0.2) is 5.65 Å². The number of H-pyrrole nitrogens is 1. The van der Waals surface area contributed by atoms with Crippen LogP contribution in [0.15, 0.2) is 36.8 Å². The molecule has 0 atom stereocenters. The molecule has 0 unspecified atom stereocenters. The van der Waals surface area contributed by atoms with E-state index in [1.807, 2.05) is 26.2 Å². The summed E-state index contributed by atoms with van der Waals surface area (Å²) < 4.78 is 0. The van der Waals surface area contributed by atoms with Crippen LogP contribution in [0.5, 0.6) is 0 Å². The van der Waals surface area contributed by atoms with Gasteiger partial charge >= 0.3 is 0 Å². The lowest BCUT2D eigenvalue weighted by Crippen LogP contribution is -2.07. The first-order valence-electron chi connectivity index (χ1n) is 5.67. The molecular formula is C13H13N5. The first kappa shape index (κ1) is 10.7. The number of fused-ring (bicyclic) bond motifs is 1. The SMILES string of the molecule is CN(C)c1ccc(-c2nc3ncncc3[nH]2)cc1. The zero-order valence-electron chi connectivity index (χ0n) is 10.3. The fourth-order valence-corrected chi connectivity index (χ4v) is 1.82. The van der Waals surface area contributed by atoms with Crippen LogP contribution in [0.4, 0.5) is 5.69 Å². The molecule has 0 fully saturated rings. The lowest BCUT2D eigenvalue weighted by atomic mass is 10.2. The van der Waals surface area contributed by atoms with Gasteiger partial charge < -0.3 is 9.88 Å². The third kappa shape index (κ3) is 1.79. The topological polar surface area (TPSA) is 57.7 Å². The summed E-state index contributed by atoms with van der Waals surface area (Å²) in [5, 5.41) is 0. The van der Waals surface area contributed by atoms with Gasteiger partial charge in [0.2, 0.25) is 0 Å². The summed E-state index contributed by atoms with van der Waals surface area (Å²) in [6.07, 6.45) is 3.23. The molecule has 2 aromatic heterocycles. The standard InChI is InChI=1S/C13H13N5/c1-18(2)10-5-3-9(4-6-10)12-16-11-7-14-8-15-13(11)17-12/h3-8H,1-2H3,(H,14,15,16,17). The van der Waals surface area contributed by atoms with Crippen LogP contribution in [0.3, 0.4) is 0 Å². The molecule has 1 N–H and O–H groups in total. The number of nitrogens with zero attached hydrogens (tertiary/aromatic N) is 4. The van der Waals surface area contributed by atoms with Crippen LogP contribution in [0, 0.1) is 0 Å². The molecule has 0 spiro atoms. The van der Waals surface area contributed by atoms with Crippen molar-refractivity contribution in [1.29, 1.82) is 0 Å². The first-order chi connectivity index (χ1) is 8.74. The van der Waals surface area contributed by atoms with Gasteiger partial charge in [-0.15, -0.1) is 0 Å². The van der Waals surface area contributed by atoms with Gasteiger partial charge in [-0.1, -0.05) is 0 Å². The van der Waals surface area contributed by atoms with Crippen molar-refractivity contribution in [2.45, 2.75) is 0 Å². The Hall–Kier alpha value is -2.43. The van der Waals surface area contributed by atoms with E-state index < -0.39 is 0 Å². The molecule has 0 bridgehead atoms. The summed E-state index contributed by atoms with van der Waals surface area (Å²) in [4.78, 5) is 17.8. The summed E-state index contributed by atoms with van der Waals surface area (Å²) >= 11 is 0. The minimum Gasteiger partial charge on any atom is -0.378 e. The number of hydrogen-bond acceptors (Lipinski definition) is 4. The highest BCUT2D eigenvalue weighted by Crippen LogP contribution is 2.21. The predicted octanol–water partition coefficient (Wildman–Crippen LogP) is 2.09. The molecule has 90 valence electrons. The van der Waals surface area contributed by atoms with Crippen molar-refractivity contribution < 1.29 is 0 Å². The van der Waals surface area contributed by atoms with E-state index in [1.165, 1.54) is 6.33 Å². The lowest BCUT2D eigenvalue weighted by Gasteiger charge is -2.11. The molecule has 1 aromatic carbocycles. The quantitative estimate of drug-likeness (QED) is 0.744. The summed E-state index contributed by atoms with van der Waals surface area (Å²) in [7, 11) is 4.04. The Morgan fingerprint density at radius 1 is 1.11 bits per heavy atom. The highest BCUT2D eigenvalue weighted by Gasteiger charge is 2.06. The van der Waals surface area contributed by atoms with Gasteiger partial charge in [-0.2, -0.15) is 0 Å². The van der Waals surface area contributed by atoms with Gasteiger partial charge in [0.25, 0.3) is 0 Å². The number of hydrogen-bond donors (Lipinski definition) is 1. The first-order valence-corrected chi connectivity index (χ1v) is 5.67. The molecule has 2 heterocycles. The van der Waals surface area contributed by atoms with Crippen LogP contribution in [0.1, 0.15) is 0 Å². The van der Waals surface area contributed by atoms with E-state index in [0.717, 1.165) is 22.6 Å². The Bertz CT molecular complexity index is 636. The third-order valence-corrected chi connectivity index (χ3v) is 2.82. The van der Waals surface area contributed by atoms with Gasteiger partial charge in [-0.25, -0.2) is 15.0 Å². The van der Waals surface area contributed by atoms with E-state index in [9.17, 15) is 0 Å². The summed E-state index contributed by atoms with van der Waals surface area (Å²) in [6, 6.07) is 8.21. The van der Waals surface area contributed by atoms with Crippen LogP contribution >= 0.6 is 0 Å². The smallest absolute Gasteiger partial charge is 0.181 e. The highest BCUT2D eigenvalue weighted by molar-refractivity contribution is 5.75. The number of aromatic amines is 1. The maximum atomic E-state index is 4.44. The second-order valence-corrected chi connectivity index (χ2v) is 4.29. The molecule has 0 amide bonds. The van der Waals surface area contributed by atoms with Crippen molar-refractivity contribution in [3.05, 3.63) is 36.8 Å². The Morgan fingerprint density at radius 3 is 2.56 bits per heavy atom. The van der Waals surface area contributed by atoms with Crippen molar-refractivity contribution in [2.24, 2.45) is 0 Å². The van der Waals surface area contributed by atoms with E-state index in [0.29, 0.717) is 5.65 Å². The fraction of sp³-hybridized carbons (Fsp3) is 0.154. The number of anilines is 1. The van der Waals surface area contributed by atoms with Crippen molar-refractivity contribution in [3.63, 3.8) is 0 Å². The van der Waals surface area contributed by atoms with E-state index in [-0.39, 0.29) is 0 Å². The zero-order valence-corrected chi connectivity index (χ0v) is 10.3. The molecule has 0 saturated carbocycles. The Labute approximate surface area is 105 Å². The largest absolute Gasteiger partial charge is 0.378 e. The Morgan fingerprint density at radius 2 is 1.89 bits per heavy atom. The normalized spacial score (nSPS) is 10.8. The molecule has 0 saturated heterocycles. The van der Waals surface area contributed by atoms with Crippen LogP contribution < -0.4 is 4.90 Å². The molecule has 18 heavy (non-hydrogen) atoms. The summed E-state index contributed by atoms with van der Waals surface area (Å²) in [6.45, 7) is 0. The molecule has 0 radical (unpaired) electrons. The Kier molecular flexibility index (Phi) is 2.44. The minimum atomic E-state index is 0.691. The minimum absolute atomic E-state index is 0.691. The second-order valence-electron chi connectivity index (χ2n) is 4.29. The van der Waals surface area contributed by atoms with E-state index in [1.54, 1.807) is 6.20 Å². The number of imidazole rings is 1. The average molecular weight is 239 g/mol. The van der Waals surface area contributed by atoms with Gasteiger partial charge in [-0.3, -0.25) is 0 Å². The molecule has 0 aliphatic heterocycles. The van der Waals surface area contributed by atoms with Crippen molar-refractivity contribution in [1.82, 2.24) is 19.9 Å². The van der Waals surface area contributed by atoms with Crippen LogP contribution in [0.2, 0.25) is 0 Å². The van der Waals surface area contributed by atoms with E-state index in [4.69, 9.17) is 0 Å². The zero-order chi connectivity index (χ0) is 12.5. The van der Waals surface area contributed by atoms with Crippen LogP contribution in [0.25, 0.3) is 22.6 Å². The molecule has 5 heteroatoms. The molecular weight excluding hydrogens is 226 g/mol. The summed E-state index contributed by atoms with van der Waals surface area (Å²) in [5.41, 5.74) is 3.74. The van der Waals surface area contributed by atoms with Gasteiger partial charge in [0, 0.05) is 25.3 Å². The van der Waals surface area contributed by atoms with Gasteiger partial charge in [0.1, 0.15) is 17.7 Å². The second kappa shape index (κ2) is 4.10. The predicted molar refractivity (Wildman–Crippen MR) is 71.4 cm³/mol. The van der Waals surface area contributed by atoms with E-state index in [2.05, 4.69) is 37.0 Å². The number of benzene rings is 1. The molecule has 5 nitrogen and oxygen atoms in total. The highest BCUT2D eigenvalue weighted by atomic mass is 15.1. The fourth-order valence-electron chi connectivity index (χ4n) is 1.82. The van der Waals surface area contributed by atoms with Crippen LogP contribution in [-0.2, 0) is 0 Å². The number of rotatable bonds is 2. The summed E-state index contributed by atoms with van der Waals surface area (Å²) in [5.74, 6) is 0.816. The van der Waals surface area contributed by atoms with E-state index >= 15 is 0 Å². The number of aromatic nitrogens is 4. The maximum absolute atomic E-state index is 4.44. The molecule has 0 aliphatic carbocycles. The Balaban J connectivity index is 2.03. The number of nitrogens with one attached hydrogen (secondary N) is 1. The molecule has 0 aliphatic rings. The monoisotopic (exact) mass is 239 g/mol. The van der Waals surface area contributed by atoms with Crippen LogP contribution in [-0.4, -0.2) is 34.0 Å². The van der Waals surface area contributed by atoms with Crippen molar-refractivity contribution in [3.8, 4) is 11.4 Å². The van der Waals surface area contributed by atoms with Gasteiger partial charge in [-0.05, 0) is 24.3 Å². The molecule has 3 aromatic rings. The van der Waals surface area contributed by atoms with Crippen molar-refractivity contribution >= 4 is 16.9 Å². The molecule has 3 rings (SSSR count). The maximum Gasteiger partial charge on any atom is 0.181 e. The van der Waals surface area contributed by atoms with Gasteiger partial charge in [0.05, 0.1) is 6.20 Å². The lowest BCUT2D eigenvalue weighted by molar-refractivity contribution is 1.13.